The summed E-state index contributed by atoms with van der Waals surface area (Å²) in [5.41, 5.74) is 1.25. The topological polar surface area (TPSA) is 69.8 Å². The Morgan fingerprint density at radius 2 is 2.17 bits per heavy atom. The van der Waals surface area contributed by atoms with Crippen molar-refractivity contribution >= 4 is 22.6 Å². The number of fused-ring (bicyclic) bond motifs is 1. The molecule has 0 radical (unpaired) electrons. The van der Waals surface area contributed by atoms with E-state index in [2.05, 4.69) is 29.1 Å². The second kappa shape index (κ2) is 8.35. The number of anilines is 1. The SMILES string of the molecule is COC1CN(c2nc3cc(F)ccc3cc2C2=NC(C)[N+]2=O)CCC1NCC(C)C. The summed E-state index contributed by atoms with van der Waals surface area (Å²) in [6, 6.07) is 6.65. The molecule has 0 spiro atoms. The van der Waals surface area contributed by atoms with Gasteiger partial charge in [0, 0.05) is 49.4 Å². The highest BCUT2D eigenvalue weighted by molar-refractivity contribution is 6.02. The van der Waals surface area contributed by atoms with Crippen LogP contribution in [0.2, 0.25) is 0 Å². The van der Waals surface area contributed by atoms with Crippen LogP contribution in [0.5, 0.6) is 0 Å². The molecule has 1 fully saturated rings. The summed E-state index contributed by atoms with van der Waals surface area (Å²) in [4.78, 5) is 23.6. The van der Waals surface area contributed by atoms with Crippen molar-refractivity contribution in [2.45, 2.75) is 45.5 Å². The van der Waals surface area contributed by atoms with Crippen molar-refractivity contribution in [1.82, 2.24) is 10.3 Å². The summed E-state index contributed by atoms with van der Waals surface area (Å²) in [6.45, 7) is 8.45. The number of methoxy groups -OCH3 is 1. The molecule has 2 aliphatic heterocycles. The van der Waals surface area contributed by atoms with Crippen molar-refractivity contribution in [3.63, 3.8) is 0 Å². The lowest BCUT2D eigenvalue weighted by atomic mass is 9.99. The molecule has 1 aromatic heterocycles. The van der Waals surface area contributed by atoms with Crippen LogP contribution in [0.25, 0.3) is 10.9 Å². The number of nitrogens with one attached hydrogen (secondary N) is 1. The van der Waals surface area contributed by atoms with Gasteiger partial charge in [-0.2, -0.15) is 0 Å². The van der Waals surface area contributed by atoms with E-state index >= 15 is 0 Å². The maximum atomic E-state index is 13.8. The van der Waals surface area contributed by atoms with Gasteiger partial charge >= 0.3 is 12.0 Å². The van der Waals surface area contributed by atoms with Gasteiger partial charge in [0.15, 0.2) is 0 Å². The van der Waals surface area contributed by atoms with Gasteiger partial charge in [-0.3, -0.25) is 0 Å². The summed E-state index contributed by atoms with van der Waals surface area (Å²) in [5, 5.41) is 4.38. The van der Waals surface area contributed by atoms with Gasteiger partial charge in [0.2, 0.25) is 0 Å². The normalized spacial score (nSPS) is 24.3. The van der Waals surface area contributed by atoms with Gasteiger partial charge in [0.05, 0.1) is 11.6 Å². The van der Waals surface area contributed by atoms with E-state index in [0.717, 1.165) is 29.7 Å². The summed E-state index contributed by atoms with van der Waals surface area (Å²) >= 11 is 0. The summed E-state index contributed by atoms with van der Waals surface area (Å²) < 4.78 is 20.5. The zero-order chi connectivity index (χ0) is 21.4. The number of pyridine rings is 1. The van der Waals surface area contributed by atoms with Crippen molar-refractivity contribution in [1.29, 1.82) is 0 Å². The van der Waals surface area contributed by atoms with Crippen LogP contribution < -0.4 is 10.2 Å². The molecule has 2 aliphatic rings. The number of hydrogen-bond acceptors (Lipinski definition) is 6. The monoisotopic (exact) mass is 414 g/mol. The predicted octanol–water partition coefficient (Wildman–Crippen LogP) is 3.10. The molecule has 7 nitrogen and oxygen atoms in total. The number of nitroso groups, excluding NO2 is 1. The van der Waals surface area contributed by atoms with E-state index in [1.807, 2.05) is 6.07 Å². The minimum Gasteiger partial charge on any atom is -0.378 e. The number of halogens is 1. The Kier molecular flexibility index (Phi) is 5.79. The van der Waals surface area contributed by atoms with E-state index in [9.17, 15) is 9.30 Å². The summed E-state index contributed by atoms with van der Waals surface area (Å²) in [6.07, 6.45) is 0.479. The van der Waals surface area contributed by atoms with Gasteiger partial charge in [0.25, 0.3) is 0 Å². The molecule has 1 N–H and O–H groups in total. The van der Waals surface area contributed by atoms with Gasteiger partial charge in [-0.25, -0.2) is 9.37 Å². The lowest BCUT2D eigenvalue weighted by molar-refractivity contribution is -0.497. The Bertz CT molecular complexity index is 993. The molecule has 8 heteroatoms. The fourth-order valence-corrected chi connectivity index (χ4v) is 4.10. The van der Waals surface area contributed by atoms with Crippen LogP contribution in [0.3, 0.4) is 0 Å². The van der Waals surface area contributed by atoms with E-state index in [1.54, 1.807) is 20.1 Å². The van der Waals surface area contributed by atoms with Gasteiger partial charge in [-0.1, -0.05) is 18.8 Å². The van der Waals surface area contributed by atoms with E-state index in [1.165, 1.54) is 12.1 Å². The summed E-state index contributed by atoms with van der Waals surface area (Å²) in [7, 11) is 1.72. The van der Waals surface area contributed by atoms with Crippen LogP contribution in [0.15, 0.2) is 29.3 Å². The number of aliphatic imine (C=N–C) groups is 1. The molecule has 1 aromatic carbocycles. The van der Waals surface area contributed by atoms with Gasteiger partial charge < -0.3 is 15.0 Å². The Labute approximate surface area is 175 Å². The molecule has 1 saturated heterocycles. The molecular weight excluding hydrogens is 385 g/mol. The smallest absolute Gasteiger partial charge is 0.376 e. The van der Waals surface area contributed by atoms with Crippen LogP contribution in [0, 0.1) is 16.6 Å². The fourth-order valence-electron chi connectivity index (χ4n) is 4.10. The van der Waals surface area contributed by atoms with E-state index in [0.29, 0.717) is 35.2 Å². The van der Waals surface area contributed by atoms with Gasteiger partial charge in [-0.15, -0.1) is 0 Å². The number of hydrogen-bond donors (Lipinski definition) is 1. The Morgan fingerprint density at radius 3 is 2.83 bits per heavy atom. The maximum Gasteiger partial charge on any atom is 0.376 e. The second-order valence-corrected chi connectivity index (χ2v) is 8.52. The number of amidine groups is 1. The van der Waals surface area contributed by atoms with Crippen molar-refractivity contribution in [2.75, 3.05) is 31.6 Å². The molecule has 0 bridgehead atoms. The highest BCUT2D eigenvalue weighted by atomic mass is 19.1. The first-order chi connectivity index (χ1) is 14.4. The zero-order valence-corrected chi connectivity index (χ0v) is 17.9. The first kappa shape index (κ1) is 20.8. The van der Waals surface area contributed by atoms with E-state index in [-0.39, 0.29) is 18.0 Å². The lowest BCUT2D eigenvalue weighted by Crippen LogP contribution is -2.54. The number of rotatable bonds is 6. The molecule has 3 heterocycles. The van der Waals surface area contributed by atoms with Crippen molar-refractivity contribution in [2.24, 2.45) is 10.9 Å². The summed E-state index contributed by atoms with van der Waals surface area (Å²) in [5.74, 6) is 1.26. The minimum atomic E-state index is -0.394. The van der Waals surface area contributed by atoms with Gasteiger partial charge in [-0.05, 0) is 42.1 Å². The third-order valence-electron chi connectivity index (χ3n) is 5.81. The minimum absolute atomic E-state index is 0.0130. The molecule has 3 unspecified atom stereocenters. The molecule has 2 aromatic rings. The molecule has 0 amide bonds. The van der Waals surface area contributed by atoms with Crippen molar-refractivity contribution < 1.29 is 13.9 Å². The maximum absolute atomic E-state index is 13.8. The van der Waals surface area contributed by atoms with Crippen LogP contribution in [0.4, 0.5) is 10.2 Å². The molecule has 3 atom stereocenters. The average Bonchev–Trinajstić information content (AvgIpc) is 2.74. The van der Waals surface area contributed by atoms with Crippen molar-refractivity contribution in [3.8, 4) is 0 Å². The van der Waals surface area contributed by atoms with Crippen molar-refractivity contribution in [3.05, 3.63) is 40.6 Å². The predicted molar refractivity (Wildman–Crippen MR) is 116 cm³/mol. The largest absolute Gasteiger partial charge is 0.378 e. The lowest BCUT2D eigenvalue weighted by Gasteiger charge is -2.39. The van der Waals surface area contributed by atoms with E-state index < -0.39 is 6.17 Å². The molecule has 30 heavy (non-hydrogen) atoms. The number of piperidine rings is 1. The van der Waals surface area contributed by atoms with Crippen LogP contribution in [-0.2, 0) is 4.74 Å². The number of ether oxygens (including phenoxy) is 1. The second-order valence-electron chi connectivity index (χ2n) is 8.52. The van der Waals surface area contributed by atoms with E-state index in [4.69, 9.17) is 9.72 Å². The first-order valence-corrected chi connectivity index (χ1v) is 10.5. The highest BCUT2D eigenvalue weighted by Crippen LogP contribution is 2.30. The Hall–Kier alpha value is -2.45. The third kappa shape index (κ3) is 3.94. The van der Waals surface area contributed by atoms with Crippen LogP contribution in [0.1, 0.15) is 32.8 Å². The van der Waals surface area contributed by atoms with Gasteiger partial charge in [0.1, 0.15) is 17.2 Å². The Balaban J connectivity index is 1.69. The number of benzene rings is 1. The third-order valence-corrected chi connectivity index (χ3v) is 5.81. The number of aromatic nitrogens is 1. The fraction of sp³-hybridized carbons (Fsp3) is 0.545. The standard InChI is InChI=1S/C22H29FN5O2/c1-13(2)11-24-18-7-8-27(12-20(18)30-4)21-17(22-25-14(3)28(22)29)9-15-5-6-16(23)10-19(15)26-21/h5-6,9-10,13-14,18,20,24H,7-8,11-12H2,1-4H3/q+1. The molecular formula is C22H29FN5O2+. The highest BCUT2D eigenvalue weighted by Gasteiger charge is 2.43. The first-order valence-electron chi connectivity index (χ1n) is 10.5. The average molecular weight is 415 g/mol. The zero-order valence-electron chi connectivity index (χ0n) is 17.9. The quantitative estimate of drug-likeness (QED) is 0.736. The Morgan fingerprint density at radius 1 is 1.37 bits per heavy atom. The molecule has 4 rings (SSSR count). The van der Waals surface area contributed by atoms with Crippen LogP contribution in [-0.4, -0.2) is 60.6 Å². The number of nitrogens with zero attached hydrogens (tertiary/aromatic N) is 4. The molecule has 160 valence electrons. The van der Waals surface area contributed by atoms with Crippen LogP contribution >= 0.6 is 0 Å². The molecule has 0 saturated carbocycles. The molecule has 0 aliphatic carbocycles.